The minimum atomic E-state index is -0.526. The standard InChI is InChI=1S/C19H27N3O5/c1-5-12-26-14-15-13-16(22(24)25)6-7-17(15)20-8-10-21(11-9-20)18(23)27-19(2,3)4/h5-7,13H,1,8-12,14H2,2-4H3. The lowest BCUT2D eigenvalue weighted by atomic mass is 10.1. The monoisotopic (exact) mass is 377 g/mol. The van der Waals surface area contributed by atoms with Crippen LogP contribution in [0.2, 0.25) is 0 Å². The quantitative estimate of drug-likeness (QED) is 0.327. The van der Waals surface area contributed by atoms with Gasteiger partial charge in [-0.3, -0.25) is 10.1 Å². The molecule has 0 saturated carbocycles. The Bertz CT molecular complexity index is 691. The molecule has 1 aliphatic rings. The highest BCUT2D eigenvalue weighted by Crippen LogP contribution is 2.27. The molecule has 0 aromatic heterocycles. The topological polar surface area (TPSA) is 85.2 Å². The number of rotatable bonds is 6. The van der Waals surface area contributed by atoms with Gasteiger partial charge in [0.05, 0.1) is 18.1 Å². The average Bonchev–Trinajstić information content (AvgIpc) is 2.60. The number of nitrogens with zero attached hydrogens (tertiary/aromatic N) is 3. The molecule has 0 unspecified atom stereocenters. The second-order valence-electron chi connectivity index (χ2n) is 7.33. The van der Waals surface area contributed by atoms with Crippen LogP contribution in [0.25, 0.3) is 0 Å². The van der Waals surface area contributed by atoms with Crippen molar-refractivity contribution in [2.75, 3.05) is 37.7 Å². The van der Waals surface area contributed by atoms with E-state index in [1.807, 2.05) is 20.8 Å². The van der Waals surface area contributed by atoms with Crippen LogP contribution in [0.5, 0.6) is 0 Å². The maximum absolute atomic E-state index is 12.2. The molecule has 8 heteroatoms. The van der Waals surface area contributed by atoms with Gasteiger partial charge in [-0.2, -0.15) is 0 Å². The number of non-ortho nitro benzene ring substituents is 1. The van der Waals surface area contributed by atoms with Crippen LogP contribution in [0.3, 0.4) is 0 Å². The van der Waals surface area contributed by atoms with Crippen LogP contribution in [0.4, 0.5) is 16.2 Å². The molecule has 27 heavy (non-hydrogen) atoms. The maximum Gasteiger partial charge on any atom is 0.410 e. The Morgan fingerprint density at radius 1 is 1.30 bits per heavy atom. The zero-order valence-electron chi connectivity index (χ0n) is 16.1. The minimum Gasteiger partial charge on any atom is -0.444 e. The molecule has 1 aromatic rings. The number of carbonyl (C=O) groups is 1. The van der Waals surface area contributed by atoms with Crippen LogP contribution < -0.4 is 4.90 Å². The molecule has 1 aliphatic heterocycles. The van der Waals surface area contributed by atoms with Gasteiger partial charge < -0.3 is 19.3 Å². The first-order valence-corrected chi connectivity index (χ1v) is 8.90. The number of piperazine rings is 1. The smallest absolute Gasteiger partial charge is 0.410 e. The van der Waals surface area contributed by atoms with Gasteiger partial charge in [-0.25, -0.2) is 4.79 Å². The Morgan fingerprint density at radius 2 is 1.96 bits per heavy atom. The van der Waals surface area contributed by atoms with Crippen LogP contribution in [-0.4, -0.2) is 54.3 Å². The number of amides is 1. The molecule has 0 radical (unpaired) electrons. The van der Waals surface area contributed by atoms with E-state index in [1.54, 1.807) is 23.1 Å². The summed E-state index contributed by atoms with van der Waals surface area (Å²) in [5.74, 6) is 0. The van der Waals surface area contributed by atoms with E-state index in [2.05, 4.69) is 11.5 Å². The third-order valence-corrected chi connectivity index (χ3v) is 4.04. The van der Waals surface area contributed by atoms with Crippen LogP contribution in [0, 0.1) is 10.1 Å². The summed E-state index contributed by atoms with van der Waals surface area (Å²) < 4.78 is 10.9. The zero-order chi connectivity index (χ0) is 20.0. The number of nitro benzene ring substituents is 1. The molecule has 1 heterocycles. The summed E-state index contributed by atoms with van der Waals surface area (Å²) in [6.45, 7) is 12.0. The predicted octanol–water partition coefficient (Wildman–Crippen LogP) is 3.35. The molecule has 1 amide bonds. The average molecular weight is 377 g/mol. The molecule has 1 aromatic carbocycles. The minimum absolute atomic E-state index is 0.0309. The highest BCUT2D eigenvalue weighted by Gasteiger charge is 2.27. The Labute approximate surface area is 159 Å². The number of anilines is 1. The van der Waals surface area contributed by atoms with Crippen molar-refractivity contribution in [3.63, 3.8) is 0 Å². The summed E-state index contributed by atoms with van der Waals surface area (Å²) in [6, 6.07) is 4.78. The first-order valence-electron chi connectivity index (χ1n) is 8.90. The lowest BCUT2D eigenvalue weighted by Gasteiger charge is -2.37. The second kappa shape index (κ2) is 8.85. The molecule has 0 bridgehead atoms. The van der Waals surface area contributed by atoms with E-state index in [1.165, 1.54) is 6.07 Å². The molecule has 0 aliphatic carbocycles. The van der Waals surface area contributed by atoms with Crippen molar-refractivity contribution in [3.8, 4) is 0 Å². The Kier molecular flexibility index (Phi) is 6.79. The van der Waals surface area contributed by atoms with Gasteiger partial charge in [-0.05, 0) is 26.8 Å². The van der Waals surface area contributed by atoms with Gasteiger partial charge in [0, 0.05) is 49.6 Å². The SMILES string of the molecule is C=CCOCc1cc([N+](=O)[O-])ccc1N1CCN(C(=O)OC(C)(C)C)CC1. The van der Waals surface area contributed by atoms with E-state index < -0.39 is 10.5 Å². The largest absolute Gasteiger partial charge is 0.444 e. The van der Waals surface area contributed by atoms with E-state index in [9.17, 15) is 14.9 Å². The number of ether oxygens (including phenoxy) is 2. The predicted molar refractivity (Wildman–Crippen MR) is 103 cm³/mol. The van der Waals surface area contributed by atoms with E-state index in [4.69, 9.17) is 9.47 Å². The van der Waals surface area contributed by atoms with Gasteiger partial charge in [0.25, 0.3) is 5.69 Å². The summed E-state index contributed by atoms with van der Waals surface area (Å²) in [5, 5.41) is 11.1. The molecular weight excluding hydrogens is 350 g/mol. The third kappa shape index (κ3) is 5.96. The van der Waals surface area contributed by atoms with Crippen molar-refractivity contribution in [1.29, 1.82) is 0 Å². The molecule has 2 rings (SSSR count). The summed E-state index contributed by atoms with van der Waals surface area (Å²) in [6.07, 6.45) is 1.32. The molecule has 8 nitrogen and oxygen atoms in total. The summed E-state index contributed by atoms with van der Waals surface area (Å²) in [7, 11) is 0. The highest BCUT2D eigenvalue weighted by molar-refractivity contribution is 5.69. The maximum atomic E-state index is 12.2. The van der Waals surface area contributed by atoms with Crippen molar-refractivity contribution in [2.24, 2.45) is 0 Å². The molecular formula is C19H27N3O5. The highest BCUT2D eigenvalue weighted by atomic mass is 16.6. The lowest BCUT2D eigenvalue weighted by Crippen LogP contribution is -2.50. The van der Waals surface area contributed by atoms with Crippen LogP contribution >= 0.6 is 0 Å². The Morgan fingerprint density at radius 3 is 2.52 bits per heavy atom. The number of hydrogen-bond donors (Lipinski definition) is 0. The Balaban J connectivity index is 2.08. The molecule has 0 N–H and O–H groups in total. The second-order valence-corrected chi connectivity index (χ2v) is 7.33. The van der Waals surface area contributed by atoms with Crippen molar-refractivity contribution in [1.82, 2.24) is 4.90 Å². The van der Waals surface area contributed by atoms with Crippen LogP contribution in [0.15, 0.2) is 30.9 Å². The van der Waals surface area contributed by atoms with Crippen molar-refractivity contribution in [2.45, 2.75) is 33.0 Å². The third-order valence-electron chi connectivity index (χ3n) is 4.04. The molecule has 0 atom stereocenters. The first kappa shape index (κ1) is 20.7. The van der Waals surface area contributed by atoms with Crippen molar-refractivity contribution < 1.29 is 19.2 Å². The molecule has 148 valence electrons. The van der Waals surface area contributed by atoms with E-state index in [0.717, 1.165) is 11.3 Å². The van der Waals surface area contributed by atoms with Gasteiger partial charge >= 0.3 is 6.09 Å². The fraction of sp³-hybridized carbons (Fsp3) is 0.526. The van der Waals surface area contributed by atoms with Gasteiger partial charge in [0.2, 0.25) is 0 Å². The van der Waals surface area contributed by atoms with Gasteiger partial charge in [0.15, 0.2) is 0 Å². The fourth-order valence-corrected chi connectivity index (χ4v) is 2.82. The van der Waals surface area contributed by atoms with Gasteiger partial charge in [0.1, 0.15) is 5.60 Å². The fourth-order valence-electron chi connectivity index (χ4n) is 2.82. The van der Waals surface area contributed by atoms with E-state index in [0.29, 0.717) is 32.8 Å². The van der Waals surface area contributed by atoms with Crippen LogP contribution in [-0.2, 0) is 16.1 Å². The van der Waals surface area contributed by atoms with Crippen LogP contribution in [0.1, 0.15) is 26.3 Å². The van der Waals surface area contributed by atoms with Gasteiger partial charge in [-0.15, -0.1) is 6.58 Å². The molecule has 1 saturated heterocycles. The molecule has 0 spiro atoms. The molecule has 1 fully saturated rings. The number of nitro groups is 1. The first-order chi connectivity index (χ1) is 12.7. The van der Waals surface area contributed by atoms with Crippen molar-refractivity contribution in [3.05, 3.63) is 46.5 Å². The van der Waals surface area contributed by atoms with Gasteiger partial charge in [-0.1, -0.05) is 6.08 Å². The summed E-state index contributed by atoms with van der Waals surface area (Å²) >= 11 is 0. The van der Waals surface area contributed by atoms with E-state index in [-0.39, 0.29) is 18.4 Å². The Hall–Kier alpha value is -2.61. The number of carbonyl (C=O) groups excluding carboxylic acids is 1. The van der Waals surface area contributed by atoms with E-state index >= 15 is 0 Å². The number of benzene rings is 1. The normalized spacial score (nSPS) is 14.8. The number of hydrogen-bond acceptors (Lipinski definition) is 6. The van der Waals surface area contributed by atoms with Crippen molar-refractivity contribution >= 4 is 17.5 Å². The lowest BCUT2D eigenvalue weighted by molar-refractivity contribution is -0.384. The zero-order valence-corrected chi connectivity index (χ0v) is 16.1. The summed E-state index contributed by atoms with van der Waals surface area (Å²) in [5.41, 5.74) is 1.14. The summed E-state index contributed by atoms with van der Waals surface area (Å²) in [4.78, 5) is 26.7.